The fourth-order valence-electron chi connectivity index (χ4n) is 1.91. The Hall–Kier alpha value is -2.48. The van der Waals surface area contributed by atoms with Gasteiger partial charge in [-0.15, -0.1) is 0 Å². The number of rotatable bonds is 10. The Morgan fingerprint density at radius 1 is 1.17 bits per heavy atom. The van der Waals surface area contributed by atoms with Crippen molar-refractivity contribution in [2.75, 3.05) is 26.9 Å². The van der Waals surface area contributed by atoms with Gasteiger partial charge in [0.25, 0.3) is 11.6 Å². The second-order valence-corrected chi connectivity index (χ2v) is 5.09. The van der Waals surface area contributed by atoms with Gasteiger partial charge in [0, 0.05) is 37.5 Å². The van der Waals surface area contributed by atoms with E-state index in [1.54, 1.807) is 0 Å². The number of unbranched alkanes of at least 4 members (excludes halogenated alkanes) is 1. The summed E-state index contributed by atoms with van der Waals surface area (Å²) in [7, 11) is 1.17. The number of nitro groups is 1. The molecule has 132 valence electrons. The van der Waals surface area contributed by atoms with Crippen LogP contribution in [0.1, 0.15) is 46.9 Å². The average Bonchev–Trinajstić information content (AvgIpc) is 2.59. The molecule has 8 nitrogen and oxygen atoms in total. The van der Waals surface area contributed by atoms with Crippen LogP contribution in [-0.2, 0) is 9.47 Å². The Bertz CT molecular complexity index is 588. The highest BCUT2D eigenvalue weighted by Gasteiger charge is 2.18. The zero-order valence-corrected chi connectivity index (χ0v) is 13.9. The largest absolute Gasteiger partial charge is 0.465 e. The Kier molecular flexibility index (Phi) is 8.42. The molecule has 24 heavy (non-hydrogen) atoms. The maximum Gasteiger partial charge on any atom is 0.338 e. The summed E-state index contributed by atoms with van der Waals surface area (Å²) in [4.78, 5) is 33.9. The SMILES string of the molecule is CCCCOCCCNC(=O)c1cc(C(=O)OC)cc([N+](=O)[O-])c1. The summed E-state index contributed by atoms with van der Waals surface area (Å²) in [5.41, 5.74) is -0.345. The van der Waals surface area contributed by atoms with Crippen LogP contribution in [0, 0.1) is 10.1 Å². The number of ether oxygens (including phenoxy) is 2. The normalized spacial score (nSPS) is 10.2. The molecular weight excluding hydrogens is 316 g/mol. The van der Waals surface area contributed by atoms with Gasteiger partial charge in [0.1, 0.15) is 0 Å². The predicted octanol–water partition coefficient (Wildman–Crippen LogP) is 2.32. The van der Waals surface area contributed by atoms with E-state index in [-0.39, 0.29) is 16.8 Å². The molecule has 0 unspecified atom stereocenters. The van der Waals surface area contributed by atoms with Crippen LogP contribution in [0.25, 0.3) is 0 Å². The van der Waals surface area contributed by atoms with Crippen molar-refractivity contribution < 1.29 is 24.0 Å². The number of amides is 1. The number of hydrogen-bond donors (Lipinski definition) is 1. The van der Waals surface area contributed by atoms with Crippen LogP contribution < -0.4 is 5.32 Å². The molecule has 0 fully saturated rings. The van der Waals surface area contributed by atoms with E-state index in [0.29, 0.717) is 26.2 Å². The molecular formula is C16H22N2O6. The molecule has 0 bridgehead atoms. The number of nitro benzene ring substituents is 1. The highest BCUT2D eigenvalue weighted by Crippen LogP contribution is 2.18. The van der Waals surface area contributed by atoms with Crippen molar-refractivity contribution in [1.82, 2.24) is 5.32 Å². The summed E-state index contributed by atoms with van der Waals surface area (Å²) in [6.45, 7) is 3.67. The van der Waals surface area contributed by atoms with Gasteiger partial charge in [-0.3, -0.25) is 14.9 Å². The van der Waals surface area contributed by atoms with Gasteiger partial charge in [0.2, 0.25) is 0 Å². The van der Waals surface area contributed by atoms with Crippen molar-refractivity contribution in [3.05, 3.63) is 39.4 Å². The van der Waals surface area contributed by atoms with Gasteiger partial charge < -0.3 is 14.8 Å². The minimum Gasteiger partial charge on any atom is -0.465 e. The topological polar surface area (TPSA) is 108 Å². The minimum atomic E-state index is -0.739. The van der Waals surface area contributed by atoms with Gasteiger partial charge in [-0.1, -0.05) is 13.3 Å². The molecule has 1 amide bonds. The first-order chi connectivity index (χ1) is 11.5. The first-order valence-electron chi connectivity index (χ1n) is 7.73. The number of hydrogen-bond acceptors (Lipinski definition) is 6. The van der Waals surface area contributed by atoms with Crippen LogP contribution in [0.5, 0.6) is 0 Å². The van der Waals surface area contributed by atoms with Gasteiger partial charge in [0.05, 0.1) is 17.6 Å². The first-order valence-corrected chi connectivity index (χ1v) is 7.73. The smallest absolute Gasteiger partial charge is 0.338 e. The van der Waals surface area contributed by atoms with Crippen molar-refractivity contribution in [1.29, 1.82) is 0 Å². The lowest BCUT2D eigenvalue weighted by Gasteiger charge is -2.07. The van der Waals surface area contributed by atoms with Crippen LogP contribution in [0.3, 0.4) is 0 Å². The highest BCUT2D eigenvalue weighted by atomic mass is 16.6. The maximum atomic E-state index is 12.1. The standard InChI is InChI=1S/C16H22N2O6/c1-3-4-7-24-8-5-6-17-15(19)12-9-13(16(20)23-2)11-14(10-12)18(21)22/h9-11H,3-8H2,1-2H3,(H,17,19). The van der Waals surface area contributed by atoms with Crippen LogP contribution in [0.15, 0.2) is 18.2 Å². The fraction of sp³-hybridized carbons (Fsp3) is 0.500. The molecule has 1 rings (SSSR count). The molecule has 0 aliphatic rings. The van der Waals surface area contributed by atoms with Crippen LogP contribution in [-0.4, -0.2) is 43.7 Å². The lowest BCUT2D eigenvalue weighted by atomic mass is 10.1. The van der Waals surface area contributed by atoms with Crippen LogP contribution in [0.2, 0.25) is 0 Å². The third-order valence-electron chi connectivity index (χ3n) is 3.21. The van der Waals surface area contributed by atoms with E-state index in [2.05, 4.69) is 17.0 Å². The zero-order chi connectivity index (χ0) is 17.9. The molecule has 0 spiro atoms. The summed E-state index contributed by atoms with van der Waals surface area (Å²) in [6, 6.07) is 3.47. The number of non-ortho nitro benzene ring substituents is 1. The van der Waals surface area contributed by atoms with Crippen molar-refractivity contribution in [3.63, 3.8) is 0 Å². The zero-order valence-electron chi connectivity index (χ0n) is 13.9. The van der Waals surface area contributed by atoms with Gasteiger partial charge >= 0.3 is 5.97 Å². The maximum absolute atomic E-state index is 12.1. The molecule has 0 atom stereocenters. The third kappa shape index (κ3) is 6.33. The fourth-order valence-corrected chi connectivity index (χ4v) is 1.91. The number of benzene rings is 1. The summed E-state index contributed by atoms with van der Waals surface area (Å²) in [6.07, 6.45) is 2.69. The molecule has 0 aliphatic heterocycles. The van der Waals surface area contributed by atoms with Gasteiger partial charge in [-0.2, -0.15) is 0 Å². The Morgan fingerprint density at radius 2 is 1.83 bits per heavy atom. The van der Waals surface area contributed by atoms with Crippen molar-refractivity contribution in [2.24, 2.45) is 0 Å². The summed E-state index contributed by atoms with van der Waals surface area (Å²) < 4.78 is 9.92. The van der Waals surface area contributed by atoms with Gasteiger partial charge in [-0.05, 0) is 18.9 Å². The number of nitrogens with one attached hydrogen (secondary N) is 1. The lowest BCUT2D eigenvalue weighted by molar-refractivity contribution is -0.384. The number of esters is 1. The number of nitrogens with zero attached hydrogens (tertiary/aromatic N) is 1. The van der Waals surface area contributed by atoms with E-state index in [1.165, 1.54) is 13.2 Å². The van der Waals surface area contributed by atoms with Crippen LogP contribution in [0.4, 0.5) is 5.69 Å². The van der Waals surface area contributed by atoms with E-state index >= 15 is 0 Å². The van der Waals surface area contributed by atoms with Crippen molar-refractivity contribution >= 4 is 17.6 Å². The second-order valence-electron chi connectivity index (χ2n) is 5.09. The lowest BCUT2D eigenvalue weighted by Crippen LogP contribution is -2.25. The van der Waals surface area contributed by atoms with E-state index in [1.807, 2.05) is 0 Å². The molecule has 0 aromatic heterocycles. The highest BCUT2D eigenvalue weighted by molar-refractivity contribution is 5.98. The summed E-state index contributed by atoms with van der Waals surface area (Å²) in [5.74, 6) is -1.23. The molecule has 0 saturated carbocycles. The Balaban J connectivity index is 2.64. The Labute approximate surface area is 140 Å². The first kappa shape index (κ1) is 19.6. The second kappa shape index (κ2) is 10.3. The van der Waals surface area contributed by atoms with E-state index in [4.69, 9.17) is 4.74 Å². The number of carbonyl (C=O) groups is 2. The molecule has 1 N–H and O–H groups in total. The summed E-state index contributed by atoms with van der Waals surface area (Å²) >= 11 is 0. The predicted molar refractivity (Wildman–Crippen MR) is 87.1 cm³/mol. The van der Waals surface area contributed by atoms with E-state index < -0.39 is 16.8 Å². The number of methoxy groups -OCH3 is 1. The van der Waals surface area contributed by atoms with Gasteiger partial charge in [-0.25, -0.2) is 4.79 Å². The van der Waals surface area contributed by atoms with E-state index in [9.17, 15) is 19.7 Å². The molecule has 1 aromatic rings. The molecule has 0 heterocycles. The quantitative estimate of drug-likeness (QED) is 0.303. The molecule has 0 radical (unpaired) electrons. The molecule has 1 aromatic carbocycles. The monoisotopic (exact) mass is 338 g/mol. The average molecular weight is 338 g/mol. The van der Waals surface area contributed by atoms with Crippen molar-refractivity contribution in [3.8, 4) is 0 Å². The van der Waals surface area contributed by atoms with Crippen LogP contribution >= 0.6 is 0 Å². The minimum absolute atomic E-state index is 0.0384. The van der Waals surface area contributed by atoms with E-state index in [0.717, 1.165) is 25.0 Å². The van der Waals surface area contributed by atoms with Gasteiger partial charge in [0.15, 0.2) is 0 Å². The molecule has 0 saturated heterocycles. The molecule has 0 aliphatic carbocycles. The number of carbonyl (C=O) groups excluding carboxylic acids is 2. The molecule has 8 heteroatoms. The third-order valence-corrected chi connectivity index (χ3v) is 3.21. The van der Waals surface area contributed by atoms with Crippen molar-refractivity contribution in [2.45, 2.75) is 26.2 Å². The summed E-state index contributed by atoms with van der Waals surface area (Å²) in [5, 5.41) is 13.6. The Morgan fingerprint density at radius 3 is 2.46 bits per heavy atom.